The molecule has 4 heterocycles. The quantitative estimate of drug-likeness (QED) is 0.664. The summed E-state index contributed by atoms with van der Waals surface area (Å²) in [7, 11) is 0. The van der Waals surface area contributed by atoms with Crippen LogP contribution in [0.15, 0.2) is 38.9 Å². The van der Waals surface area contributed by atoms with Crippen molar-refractivity contribution >= 4 is 22.6 Å². The van der Waals surface area contributed by atoms with Crippen molar-refractivity contribution in [3.8, 4) is 5.69 Å². The monoisotopic (exact) mass is 362 g/mol. The van der Waals surface area contributed by atoms with Crippen LogP contribution in [0, 0.1) is 12.8 Å². The molecular weight excluding hydrogens is 349 g/mol. The molecule has 0 aromatic carbocycles. The summed E-state index contributed by atoms with van der Waals surface area (Å²) in [5, 5.41) is 0. The predicted molar refractivity (Wildman–Crippen MR) is 88.2 cm³/mol. The third-order valence-electron chi connectivity index (χ3n) is 4.44. The van der Waals surface area contributed by atoms with Crippen LogP contribution in [0.1, 0.15) is 18.2 Å². The lowest BCUT2D eigenvalue weighted by molar-refractivity contribution is -0.0627. The van der Waals surface area contributed by atoms with Gasteiger partial charge in [-0.05, 0) is 25.5 Å². The number of oxazole rings is 1. The second kappa shape index (κ2) is 5.52. The van der Waals surface area contributed by atoms with E-state index in [0.29, 0.717) is 16.9 Å². The molecule has 4 rings (SSSR count). The number of fused-ring (bicyclic) bond motifs is 3. The van der Waals surface area contributed by atoms with Gasteiger partial charge >= 0.3 is 6.18 Å². The van der Waals surface area contributed by atoms with Crippen LogP contribution >= 0.6 is 0 Å². The molecule has 6 nitrogen and oxygen atoms in total. The van der Waals surface area contributed by atoms with Gasteiger partial charge in [0.2, 0.25) is 0 Å². The van der Waals surface area contributed by atoms with Crippen LogP contribution in [0.4, 0.5) is 19.0 Å². The minimum atomic E-state index is -4.58. The third-order valence-corrected chi connectivity index (χ3v) is 4.44. The molecule has 0 bridgehead atoms. The molecule has 0 amide bonds. The van der Waals surface area contributed by atoms with Crippen LogP contribution < -0.4 is 5.56 Å². The Hall–Kier alpha value is -2.97. The summed E-state index contributed by atoms with van der Waals surface area (Å²) in [6.45, 7) is 3.11. The zero-order chi connectivity index (χ0) is 18.6. The minimum absolute atomic E-state index is 0.0406. The molecule has 26 heavy (non-hydrogen) atoms. The molecular formula is C17H13F3N4O2. The van der Waals surface area contributed by atoms with Gasteiger partial charge in [-0.1, -0.05) is 6.92 Å². The Morgan fingerprint density at radius 3 is 2.77 bits per heavy atom. The maximum Gasteiger partial charge on any atom is 0.429 e. The van der Waals surface area contributed by atoms with E-state index in [0.717, 1.165) is 11.0 Å². The zero-order valence-electron chi connectivity index (χ0n) is 13.8. The minimum Gasteiger partial charge on any atom is -0.443 e. The SMILES string of the molecule is Cc1ncccc1-n1c2c(c3ocnc3c1=O)CC(C)C(C(F)(F)F)=N2. The van der Waals surface area contributed by atoms with Gasteiger partial charge in [-0.15, -0.1) is 0 Å². The van der Waals surface area contributed by atoms with Gasteiger partial charge in [-0.2, -0.15) is 13.2 Å². The standard InChI is InChI=1S/C17H13F3N4O2/c1-8-6-10-13-12(22-7-26-13)16(25)24(11-4-3-5-21-9(11)2)15(10)23-14(8)17(18,19)20/h3-5,7-8H,6H2,1-2H3. The molecule has 0 saturated heterocycles. The van der Waals surface area contributed by atoms with Crippen molar-refractivity contribution in [1.82, 2.24) is 14.5 Å². The highest BCUT2D eigenvalue weighted by Gasteiger charge is 2.42. The Labute approximate surface area is 145 Å². The molecule has 0 N–H and O–H groups in total. The van der Waals surface area contributed by atoms with E-state index in [1.165, 1.54) is 13.1 Å². The van der Waals surface area contributed by atoms with E-state index in [1.807, 2.05) is 0 Å². The van der Waals surface area contributed by atoms with E-state index in [-0.39, 0.29) is 23.3 Å². The molecule has 1 aliphatic rings. The Bertz CT molecular complexity index is 1110. The number of aryl methyl sites for hydroxylation is 1. The lowest BCUT2D eigenvalue weighted by atomic mass is 9.92. The first kappa shape index (κ1) is 16.5. The summed E-state index contributed by atoms with van der Waals surface area (Å²) in [5.41, 5.74) is 0.00724. The molecule has 0 radical (unpaired) electrons. The lowest BCUT2D eigenvalue weighted by Crippen LogP contribution is -2.34. The van der Waals surface area contributed by atoms with Gasteiger partial charge in [-0.25, -0.2) is 9.98 Å². The van der Waals surface area contributed by atoms with Gasteiger partial charge in [0.15, 0.2) is 17.5 Å². The van der Waals surface area contributed by atoms with E-state index in [2.05, 4.69) is 15.0 Å². The van der Waals surface area contributed by atoms with Crippen molar-refractivity contribution in [2.24, 2.45) is 10.9 Å². The van der Waals surface area contributed by atoms with Crippen LogP contribution in [0.5, 0.6) is 0 Å². The van der Waals surface area contributed by atoms with Gasteiger partial charge in [0.25, 0.3) is 5.56 Å². The lowest BCUT2D eigenvalue weighted by Gasteiger charge is -2.25. The Morgan fingerprint density at radius 2 is 2.08 bits per heavy atom. The largest absolute Gasteiger partial charge is 0.443 e. The van der Waals surface area contributed by atoms with Gasteiger partial charge in [0.05, 0.1) is 11.4 Å². The van der Waals surface area contributed by atoms with E-state index in [1.54, 1.807) is 19.1 Å². The number of halogens is 3. The second-order valence-electron chi connectivity index (χ2n) is 6.18. The van der Waals surface area contributed by atoms with E-state index >= 15 is 0 Å². The Morgan fingerprint density at radius 1 is 1.31 bits per heavy atom. The molecule has 0 aliphatic carbocycles. The highest BCUT2D eigenvalue weighted by Crippen LogP contribution is 2.38. The topological polar surface area (TPSA) is 73.3 Å². The molecule has 3 aromatic rings. The van der Waals surface area contributed by atoms with E-state index in [4.69, 9.17) is 4.42 Å². The van der Waals surface area contributed by atoms with E-state index < -0.39 is 23.4 Å². The first-order valence-electron chi connectivity index (χ1n) is 7.88. The molecule has 134 valence electrons. The maximum atomic E-state index is 13.4. The van der Waals surface area contributed by atoms with Crippen LogP contribution in [0.25, 0.3) is 16.8 Å². The average molecular weight is 362 g/mol. The summed E-state index contributed by atoms with van der Waals surface area (Å²) >= 11 is 0. The smallest absolute Gasteiger partial charge is 0.429 e. The molecule has 1 unspecified atom stereocenters. The van der Waals surface area contributed by atoms with Crippen LogP contribution in [-0.2, 0) is 6.42 Å². The second-order valence-corrected chi connectivity index (χ2v) is 6.18. The summed E-state index contributed by atoms with van der Waals surface area (Å²) in [6, 6.07) is 3.21. The summed E-state index contributed by atoms with van der Waals surface area (Å²) in [5.74, 6) is -0.947. The highest BCUT2D eigenvalue weighted by molar-refractivity contribution is 5.97. The number of aliphatic imine (C=N–C) groups is 1. The van der Waals surface area contributed by atoms with E-state index in [9.17, 15) is 18.0 Å². The van der Waals surface area contributed by atoms with Crippen LogP contribution in [0.2, 0.25) is 0 Å². The first-order valence-corrected chi connectivity index (χ1v) is 7.88. The molecule has 9 heteroatoms. The molecule has 1 aliphatic heterocycles. The van der Waals surface area contributed by atoms with Gasteiger partial charge in [-0.3, -0.25) is 14.3 Å². The number of nitrogens with zero attached hydrogens (tertiary/aromatic N) is 4. The number of aromatic nitrogens is 3. The average Bonchev–Trinajstić information content (AvgIpc) is 3.06. The summed E-state index contributed by atoms with van der Waals surface area (Å²) in [4.78, 5) is 24.8. The first-order chi connectivity index (χ1) is 12.3. The number of pyridine rings is 2. The van der Waals surface area contributed by atoms with Gasteiger partial charge in [0.1, 0.15) is 11.5 Å². The normalized spacial score (nSPS) is 17.3. The number of hydrogen-bond acceptors (Lipinski definition) is 5. The number of rotatable bonds is 1. The van der Waals surface area contributed by atoms with Crippen LogP contribution in [-0.4, -0.2) is 26.4 Å². The Kier molecular flexibility index (Phi) is 3.50. The highest BCUT2D eigenvalue weighted by atomic mass is 19.4. The van der Waals surface area contributed by atoms with Crippen molar-refractivity contribution in [2.45, 2.75) is 26.4 Å². The molecule has 1 atom stereocenters. The fourth-order valence-electron chi connectivity index (χ4n) is 3.26. The van der Waals surface area contributed by atoms with Crippen molar-refractivity contribution in [3.63, 3.8) is 0 Å². The van der Waals surface area contributed by atoms with Crippen LogP contribution in [0.3, 0.4) is 0 Å². The van der Waals surface area contributed by atoms with Crippen molar-refractivity contribution in [1.29, 1.82) is 0 Å². The molecule has 3 aromatic heterocycles. The summed E-state index contributed by atoms with van der Waals surface area (Å²) in [6.07, 6.45) is -1.89. The van der Waals surface area contributed by atoms with Crippen molar-refractivity contribution < 1.29 is 17.6 Å². The maximum absolute atomic E-state index is 13.4. The molecule has 0 saturated carbocycles. The molecule has 0 spiro atoms. The van der Waals surface area contributed by atoms with Gasteiger partial charge in [0, 0.05) is 17.7 Å². The fourth-order valence-corrected chi connectivity index (χ4v) is 3.26. The number of alkyl halides is 3. The summed E-state index contributed by atoms with van der Waals surface area (Å²) < 4.78 is 46.6. The predicted octanol–water partition coefficient (Wildman–Crippen LogP) is 3.51. The number of hydrogen-bond donors (Lipinski definition) is 0. The van der Waals surface area contributed by atoms with Crippen molar-refractivity contribution in [3.05, 3.63) is 46.3 Å². The zero-order valence-corrected chi connectivity index (χ0v) is 13.8. The third kappa shape index (κ3) is 2.34. The molecule has 0 fully saturated rings. The van der Waals surface area contributed by atoms with Gasteiger partial charge < -0.3 is 4.42 Å². The fraction of sp³-hybridized carbons (Fsp3) is 0.294. The Balaban J connectivity index is 2.15. The van der Waals surface area contributed by atoms with Crippen molar-refractivity contribution in [2.75, 3.05) is 0 Å².